The molecule has 0 atom stereocenters. The third-order valence-corrected chi connectivity index (χ3v) is 3.00. The van der Waals surface area contributed by atoms with Crippen LogP contribution in [0.4, 0.5) is 15.8 Å². The van der Waals surface area contributed by atoms with Gasteiger partial charge in [-0.3, -0.25) is 0 Å². The van der Waals surface area contributed by atoms with Crippen LogP contribution >= 0.6 is 11.3 Å². The molecule has 0 aliphatic carbocycles. The summed E-state index contributed by atoms with van der Waals surface area (Å²) in [6, 6.07) is 4.71. The standard InChI is InChI=1S/C11H12FN3S/c1-7-15-8(6-16-7)5-14-10-4-2-3-9(12)11(10)13/h2-4,6,14H,5,13H2,1H3. The van der Waals surface area contributed by atoms with E-state index in [0.29, 0.717) is 12.2 Å². The van der Waals surface area contributed by atoms with Crippen molar-refractivity contribution in [1.29, 1.82) is 0 Å². The Labute approximate surface area is 97.1 Å². The summed E-state index contributed by atoms with van der Waals surface area (Å²) < 4.78 is 13.1. The maximum Gasteiger partial charge on any atom is 0.148 e. The van der Waals surface area contributed by atoms with Gasteiger partial charge < -0.3 is 11.1 Å². The monoisotopic (exact) mass is 237 g/mol. The van der Waals surface area contributed by atoms with Gasteiger partial charge in [0.15, 0.2) is 0 Å². The molecule has 0 bridgehead atoms. The van der Waals surface area contributed by atoms with Gasteiger partial charge in [0.1, 0.15) is 5.82 Å². The minimum atomic E-state index is -0.403. The lowest BCUT2D eigenvalue weighted by molar-refractivity contribution is 0.633. The van der Waals surface area contributed by atoms with Gasteiger partial charge in [0, 0.05) is 5.38 Å². The highest BCUT2D eigenvalue weighted by Gasteiger charge is 2.04. The van der Waals surface area contributed by atoms with Crippen molar-refractivity contribution in [1.82, 2.24) is 4.98 Å². The lowest BCUT2D eigenvalue weighted by atomic mass is 10.2. The maximum absolute atomic E-state index is 13.1. The van der Waals surface area contributed by atoms with E-state index in [-0.39, 0.29) is 5.69 Å². The summed E-state index contributed by atoms with van der Waals surface area (Å²) in [4.78, 5) is 4.30. The van der Waals surface area contributed by atoms with Crippen molar-refractivity contribution in [3.63, 3.8) is 0 Å². The Hall–Kier alpha value is -1.62. The van der Waals surface area contributed by atoms with Crippen LogP contribution in [-0.2, 0) is 6.54 Å². The number of rotatable bonds is 3. The lowest BCUT2D eigenvalue weighted by Gasteiger charge is -2.08. The third kappa shape index (κ3) is 2.30. The highest BCUT2D eigenvalue weighted by atomic mass is 32.1. The van der Waals surface area contributed by atoms with Gasteiger partial charge >= 0.3 is 0 Å². The number of anilines is 2. The Bertz CT molecular complexity index is 496. The Balaban J connectivity index is 2.07. The maximum atomic E-state index is 13.1. The van der Waals surface area contributed by atoms with E-state index < -0.39 is 5.82 Å². The second-order valence-corrected chi connectivity index (χ2v) is 4.47. The predicted molar refractivity (Wildman–Crippen MR) is 65.0 cm³/mol. The molecule has 0 radical (unpaired) electrons. The van der Waals surface area contributed by atoms with Crippen LogP contribution in [0.1, 0.15) is 10.7 Å². The minimum absolute atomic E-state index is 0.148. The summed E-state index contributed by atoms with van der Waals surface area (Å²) in [6.45, 7) is 2.50. The first kappa shape index (κ1) is 10.9. The molecule has 3 N–H and O–H groups in total. The molecule has 2 rings (SSSR count). The fourth-order valence-corrected chi connectivity index (χ4v) is 1.98. The van der Waals surface area contributed by atoms with Crippen LogP contribution in [0.25, 0.3) is 0 Å². The molecule has 0 fully saturated rings. The van der Waals surface area contributed by atoms with E-state index in [0.717, 1.165) is 10.7 Å². The van der Waals surface area contributed by atoms with Crippen LogP contribution in [0.15, 0.2) is 23.6 Å². The van der Waals surface area contributed by atoms with Crippen LogP contribution in [0, 0.1) is 12.7 Å². The average Bonchev–Trinajstić information content (AvgIpc) is 2.67. The van der Waals surface area contributed by atoms with Gasteiger partial charge in [-0.05, 0) is 19.1 Å². The Morgan fingerprint density at radius 2 is 2.31 bits per heavy atom. The van der Waals surface area contributed by atoms with Crippen LogP contribution < -0.4 is 11.1 Å². The van der Waals surface area contributed by atoms with E-state index in [1.54, 1.807) is 23.5 Å². The molecule has 5 heteroatoms. The molecule has 1 aromatic carbocycles. The fraction of sp³-hybridized carbons (Fsp3) is 0.182. The number of thiazole rings is 1. The molecule has 0 aliphatic rings. The number of aromatic nitrogens is 1. The number of nitrogens with two attached hydrogens (primary N) is 1. The number of aryl methyl sites for hydroxylation is 1. The number of nitrogens with zero attached hydrogens (tertiary/aromatic N) is 1. The summed E-state index contributed by atoms with van der Waals surface area (Å²) in [5.41, 5.74) is 7.28. The smallest absolute Gasteiger partial charge is 0.148 e. The number of hydrogen-bond acceptors (Lipinski definition) is 4. The fourth-order valence-electron chi connectivity index (χ4n) is 1.37. The second-order valence-electron chi connectivity index (χ2n) is 3.41. The molecule has 0 saturated carbocycles. The molecule has 0 unspecified atom stereocenters. The number of hydrogen-bond donors (Lipinski definition) is 2. The van der Waals surface area contributed by atoms with Crippen LogP contribution in [0.2, 0.25) is 0 Å². The number of halogens is 1. The van der Waals surface area contributed by atoms with Crippen molar-refractivity contribution in [2.24, 2.45) is 0 Å². The van der Waals surface area contributed by atoms with E-state index in [2.05, 4.69) is 10.3 Å². The summed E-state index contributed by atoms with van der Waals surface area (Å²) in [5, 5.41) is 6.05. The van der Waals surface area contributed by atoms with Crippen molar-refractivity contribution >= 4 is 22.7 Å². The van der Waals surface area contributed by atoms with Gasteiger partial charge in [-0.15, -0.1) is 11.3 Å². The summed E-state index contributed by atoms with van der Waals surface area (Å²) in [7, 11) is 0. The molecule has 0 spiro atoms. The quantitative estimate of drug-likeness (QED) is 0.807. The van der Waals surface area contributed by atoms with E-state index in [9.17, 15) is 4.39 Å². The largest absolute Gasteiger partial charge is 0.395 e. The molecule has 0 amide bonds. The summed E-state index contributed by atoms with van der Waals surface area (Å²) in [6.07, 6.45) is 0. The molecule has 84 valence electrons. The first-order chi connectivity index (χ1) is 7.66. The SMILES string of the molecule is Cc1nc(CNc2cccc(F)c2N)cs1. The topological polar surface area (TPSA) is 50.9 Å². The lowest BCUT2D eigenvalue weighted by Crippen LogP contribution is -2.04. The molecule has 1 heterocycles. The molecule has 3 nitrogen and oxygen atoms in total. The Morgan fingerprint density at radius 1 is 1.50 bits per heavy atom. The Kier molecular flexibility index (Phi) is 3.05. The molecular weight excluding hydrogens is 225 g/mol. The summed E-state index contributed by atoms with van der Waals surface area (Å²) in [5.74, 6) is -0.403. The van der Waals surface area contributed by atoms with Gasteiger partial charge in [0.2, 0.25) is 0 Å². The number of nitrogen functional groups attached to an aromatic ring is 1. The summed E-state index contributed by atoms with van der Waals surface area (Å²) >= 11 is 1.59. The highest BCUT2D eigenvalue weighted by molar-refractivity contribution is 7.09. The van der Waals surface area contributed by atoms with Crippen LogP contribution in [-0.4, -0.2) is 4.98 Å². The molecule has 16 heavy (non-hydrogen) atoms. The van der Waals surface area contributed by atoms with Crippen molar-refractivity contribution in [2.75, 3.05) is 11.1 Å². The van der Waals surface area contributed by atoms with Crippen LogP contribution in [0.3, 0.4) is 0 Å². The minimum Gasteiger partial charge on any atom is -0.395 e. The second kappa shape index (κ2) is 4.49. The molecule has 2 aromatic rings. The van der Waals surface area contributed by atoms with Crippen molar-refractivity contribution in [2.45, 2.75) is 13.5 Å². The Morgan fingerprint density at radius 3 is 3.00 bits per heavy atom. The molecule has 0 aliphatic heterocycles. The molecular formula is C11H12FN3S. The number of nitrogens with one attached hydrogen (secondary N) is 1. The van der Waals surface area contributed by atoms with Crippen molar-refractivity contribution < 1.29 is 4.39 Å². The average molecular weight is 237 g/mol. The number of benzene rings is 1. The van der Waals surface area contributed by atoms with Gasteiger partial charge in [-0.25, -0.2) is 9.37 Å². The van der Waals surface area contributed by atoms with E-state index in [4.69, 9.17) is 5.73 Å². The predicted octanol–water partition coefficient (Wildman–Crippen LogP) is 2.78. The zero-order chi connectivity index (χ0) is 11.5. The number of para-hydroxylation sites is 1. The van der Waals surface area contributed by atoms with Gasteiger partial charge in [-0.1, -0.05) is 6.07 Å². The molecule has 1 aromatic heterocycles. The van der Waals surface area contributed by atoms with Crippen LogP contribution in [0.5, 0.6) is 0 Å². The van der Waals surface area contributed by atoms with Gasteiger partial charge in [-0.2, -0.15) is 0 Å². The van der Waals surface area contributed by atoms with E-state index in [1.165, 1.54) is 6.07 Å². The van der Waals surface area contributed by atoms with Gasteiger partial charge in [0.05, 0.1) is 28.6 Å². The first-order valence-corrected chi connectivity index (χ1v) is 5.73. The van der Waals surface area contributed by atoms with E-state index in [1.807, 2.05) is 12.3 Å². The van der Waals surface area contributed by atoms with E-state index >= 15 is 0 Å². The first-order valence-electron chi connectivity index (χ1n) is 4.85. The van der Waals surface area contributed by atoms with Crippen molar-refractivity contribution in [3.8, 4) is 0 Å². The van der Waals surface area contributed by atoms with Gasteiger partial charge in [0.25, 0.3) is 0 Å². The highest BCUT2D eigenvalue weighted by Crippen LogP contribution is 2.21. The zero-order valence-electron chi connectivity index (χ0n) is 8.83. The normalized spacial score (nSPS) is 10.4. The third-order valence-electron chi connectivity index (χ3n) is 2.18. The molecule has 0 saturated heterocycles. The zero-order valence-corrected chi connectivity index (χ0v) is 9.64. The van der Waals surface area contributed by atoms with Crippen molar-refractivity contribution in [3.05, 3.63) is 40.1 Å².